The zero-order valence-electron chi connectivity index (χ0n) is 10.2. The molecule has 1 aromatic carbocycles. The maximum absolute atomic E-state index is 5.87. The van der Waals surface area contributed by atoms with Crippen LogP contribution in [-0.2, 0) is 0 Å². The van der Waals surface area contributed by atoms with Crippen molar-refractivity contribution in [3.63, 3.8) is 0 Å². The first-order valence-corrected chi connectivity index (χ1v) is 7.18. The van der Waals surface area contributed by atoms with E-state index in [4.69, 9.17) is 11.6 Å². The number of aromatic nitrogens is 1. The molecule has 0 saturated carbocycles. The summed E-state index contributed by atoms with van der Waals surface area (Å²) in [6, 6.07) is 8.22. The van der Waals surface area contributed by atoms with E-state index < -0.39 is 0 Å². The zero-order valence-corrected chi connectivity index (χ0v) is 11.7. The number of hydrogen-bond donors (Lipinski definition) is 1. The lowest BCUT2D eigenvalue weighted by molar-refractivity contribution is 0.483. The number of fused-ring (bicyclic) bond motifs is 1. The molecular formula is C13H17ClN2S. The lowest BCUT2D eigenvalue weighted by atomic mass is 9.95. The third-order valence-corrected chi connectivity index (χ3v) is 4.21. The van der Waals surface area contributed by atoms with Crippen molar-refractivity contribution in [2.75, 3.05) is 11.2 Å². The standard InChI is InChI=1S/C13H17ClN2S/c1-3-13(2,8-9-14)15-12-10-6-4-5-7-11(10)16-17-12/h4-7,15H,3,8-9H2,1-2H3. The van der Waals surface area contributed by atoms with Gasteiger partial charge in [0, 0.05) is 16.8 Å². The molecule has 2 aromatic rings. The average Bonchev–Trinajstić information content (AvgIpc) is 2.73. The van der Waals surface area contributed by atoms with Crippen LogP contribution in [0.15, 0.2) is 24.3 Å². The van der Waals surface area contributed by atoms with Crippen LogP contribution in [0.5, 0.6) is 0 Å². The van der Waals surface area contributed by atoms with Gasteiger partial charge in [0.05, 0.1) is 5.52 Å². The molecule has 1 atom stereocenters. The largest absolute Gasteiger partial charge is 0.370 e. The molecular weight excluding hydrogens is 252 g/mol. The molecule has 0 saturated heterocycles. The molecule has 0 amide bonds. The van der Waals surface area contributed by atoms with Gasteiger partial charge in [0.1, 0.15) is 5.00 Å². The van der Waals surface area contributed by atoms with Gasteiger partial charge in [-0.3, -0.25) is 0 Å². The summed E-state index contributed by atoms with van der Waals surface area (Å²) >= 11 is 7.40. The first-order valence-electron chi connectivity index (χ1n) is 5.87. The second kappa shape index (κ2) is 5.23. The Kier molecular flexibility index (Phi) is 3.89. The summed E-state index contributed by atoms with van der Waals surface area (Å²) in [6.07, 6.45) is 2.00. The predicted octanol–water partition coefficient (Wildman–Crippen LogP) is 4.51. The van der Waals surface area contributed by atoms with Gasteiger partial charge in [-0.15, -0.1) is 11.6 Å². The van der Waals surface area contributed by atoms with Crippen LogP contribution in [0.2, 0.25) is 0 Å². The molecule has 0 bridgehead atoms. The van der Waals surface area contributed by atoms with Crippen molar-refractivity contribution < 1.29 is 0 Å². The number of anilines is 1. The number of rotatable bonds is 5. The van der Waals surface area contributed by atoms with Crippen LogP contribution in [-0.4, -0.2) is 15.8 Å². The molecule has 0 aliphatic heterocycles. The number of benzene rings is 1. The van der Waals surface area contributed by atoms with E-state index in [1.807, 2.05) is 18.2 Å². The fraction of sp³-hybridized carbons (Fsp3) is 0.462. The van der Waals surface area contributed by atoms with Crippen LogP contribution in [0.3, 0.4) is 0 Å². The van der Waals surface area contributed by atoms with E-state index in [9.17, 15) is 0 Å². The zero-order chi connectivity index (χ0) is 12.3. The fourth-order valence-electron chi connectivity index (χ4n) is 1.79. The van der Waals surface area contributed by atoms with E-state index in [0.717, 1.165) is 23.4 Å². The number of hydrogen-bond acceptors (Lipinski definition) is 3. The third-order valence-electron chi connectivity index (χ3n) is 3.23. The topological polar surface area (TPSA) is 24.9 Å². The average molecular weight is 269 g/mol. The molecule has 1 unspecified atom stereocenters. The molecule has 0 spiro atoms. The molecule has 0 fully saturated rings. The normalized spacial score (nSPS) is 14.8. The van der Waals surface area contributed by atoms with Gasteiger partial charge in [-0.25, -0.2) is 0 Å². The molecule has 2 rings (SSSR count). The third kappa shape index (κ3) is 2.72. The van der Waals surface area contributed by atoms with E-state index in [1.165, 1.54) is 16.9 Å². The summed E-state index contributed by atoms with van der Waals surface area (Å²) in [5.41, 5.74) is 1.11. The molecule has 0 aliphatic rings. The van der Waals surface area contributed by atoms with Crippen LogP contribution < -0.4 is 5.32 Å². The van der Waals surface area contributed by atoms with Crippen molar-refractivity contribution in [2.24, 2.45) is 0 Å². The van der Waals surface area contributed by atoms with Gasteiger partial charge in [-0.2, -0.15) is 4.37 Å². The van der Waals surface area contributed by atoms with Crippen molar-refractivity contribution in [2.45, 2.75) is 32.2 Å². The number of nitrogens with one attached hydrogen (secondary N) is 1. The Morgan fingerprint density at radius 1 is 1.41 bits per heavy atom. The summed E-state index contributed by atoms with van der Waals surface area (Å²) in [7, 11) is 0. The Morgan fingerprint density at radius 3 is 2.88 bits per heavy atom. The Balaban J connectivity index is 2.28. The number of nitrogens with zero attached hydrogens (tertiary/aromatic N) is 1. The van der Waals surface area contributed by atoms with Gasteiger partial charge in [0.25, 0.3) is 0 Å². The van der Waals surface area contributed by atoms with Gasteiger partial charge < -0.3 is 5.32 Å². The van der Waals surface area contributed by atoms with E-state index in [0.29, 0.717) is 5.88 Å². The van der Waals surface area contributed by atoms with Gasteiger partial charge in [-0.1, -0.05) is 19.1 Å². The SMILES string of the molecule is CCC(C)(CCCl)Nc1snc2ccccc12. The maximum atomic E-state index is 5.87. The molecule has 92 valence electrons. The molecule has 1 N–H and O–H groups in total. The Morgan fingerprint density at radius 2 is 2.18 bits per heavy atom. The van der Waals surface area contributed by atoms with Crippen molar-refractivity contribution in [1.82, 2.24) is 4.37 Å². The minimum absolute atomic E-state index is 0.0526. The monoisotopic (exact) mass is 268 g/mol. The first-order chi connectivity index (χ1) is 8.18. The van der Waals surface area contributed by atoms with Crippen molar-refractivity contribution in [3.8, 4) is 0 Å². The molecule has 0 aliphatic carbocycles. The van der Waals surface area contributed by atoms with Gasteiger partial charge in [0.15, 0.2) is 0 Å². The molecule has 1 aromatic heterocycles. The minimum atomic E-state index is 0.0526. The Hall–Kier alpha value is -0.800. The van der Waals surface area contributed by atoms with Crippen LogP contribution in [0.1, 0.15) is 26.7 Å². The summed E-state index contributed by atoms with van der Waals surface area (Å²) in [6.45, 7) is 4.40. The second-order valence-corrected chi connectivity index (χ2v) is 5.66. The van der Waals surface area contributed by atoms with Gasteiger partial charge >= 0.3 is 0 Å². The molecule has 0 radical (unpaired) electrons. The molecule has 1 heterocycles. The molecule has 17 heavy (non-hydrogen) atoms. The summed E-state index contributed by atoms with van der Waals surface area (Å²) in [5.74, 6) is 0.675. The molecule has 4 heteroatoms. The number of alkyl halides is 1. The smallest absolute Gasteiger partial charge is 0.117 e. The highest BCUT2D eigenvalue weighted by Crippen LogP contribution is 2.32. The highest BCUT2D eigenvalue weighted by molar-refractivity contribution is 7.11. The second-order valence-electron chi connectivity index (χ2n) is 4.51. The van der Waals surface area contributed by atoms with Crippen molar-refractivity contribution in [3.05, 3.63) is 24.3 Å². The van der Waals surface area contributed by atoms with E-state index >= 15 is 0 Å². The lowest BCUT2D eigenvalue weighted by Gasteiger charge is -2.29. The van der Waals surface area contributed by atoms with Crippen LogP contribution in [0.25, 0.3) is 10.9 Å². The molecule has 2 nitrogen and oxygen atoms in total. The van der Waals surface area contributed by atoms with E-state index in [1.54, 1.807) is 0 Å². The summed E-state index contributed by atoms with van der Waals surface area (Å²) in [5, 5.41) is 5.95. The Bertz CT molecular complexity index is 497. The van der Waals surface area contributed by atoms with E-state index in [-0.39, 0.29) is 5.54 Å². The predicted molar refractivity (Wildman–Crippen MR) is 77.3 cm³/mol. The van der Waals surface area contributed by atoms with Crippen LogP contribution >= 0.6 is 23.1 Å². The first kappa shape index (κ1) is 12.7. The minimum Gasteiger partial charge on any atom is -0.370 e. The number of halogens is 1. The fourth-order valence-corrected chi connectivity index (χ4v) is 3.12. The maximum Gasteiger partial charge on any atom is 0.117 e. The summed E-state index contributed by atoms with van der Waals surface area (Å²) < 4.78 is 4.44. The van der Waals surface area contributed by atoms with Gasteiger partial charge in [0.2, 0.25) is 0 Å². The van der Waals surface area contributed by atoms with E-state index in [2.05, 4.69) is 29.6 Å². The van der Waals surface area contributed by atoms with Gasteiger partial charge in [-0.05, 0) is 43.4 Å². The van der Waals surface area contributed by atoms with Crippen molar-refractivity contribution >= 4 is 39.0 Å². The van der Waals surface area contributed by atoms with Crippen LogP contribution in [0.4, 0.5) is 5.00 Å². The highest BCUT2D eigenvalue weighted by Gasteiger charge is 2.22. The van der Waals surface area contributed by atoms with Crippen LogP contribution in [0, 0.1) is 0 Å². The van der Waals surface area contributed by atoms with Crippen molar-refractivity contribution in [1.29, 1.82) is 0 Å². The quantitative estimate of drug-likeness (QED) is 0.808. The Labute approximate surface area is 111 Å². The highest BCUT2D eigenvalue weighted by atomic mass is 35.5. The summed E-state index contributed by atoms with van der Waals surface area (Å²) in [4.78, 5) is 0. The lowest BCUT2D eigenvalue weighted by Crippen LogP contribution is -2.34.